The summed E-state index contributed by atoms with van der Waals surface area (Å²) in [5, 5.41) is 3.08. The molecule has 0 amide bonds. The molecule has 3 nitrogen and oxygen atoms in total. The van der Waals surface area contributed by atoms with E-state index in [4.69, 9.17) is 0 Å². The molecule has 2 rings (SSSR count). The van der Waals surface area contributed by atoms with Gasteiger partial charge in [0.25, 0.3) is 6.43 Å². The van der Waals surface area contributed by atoms with Gasteiger partial charge in [-0.25, -0.2) is 18.7 Å². The van der Waals surface area contributed by atoms with Gasteiger partial charge in [-0.05, 0) is 43.5 Å². The lowest BCUT2D eigenvalue weighted by molar-refractivity contribution is 0.146. The first-order valence-corrected chi connectivity index (χ1v) is 8.50. The van der Waals surface area contributed by atoms with E-state index in [0.29, 0.717) is 12.2 Å². The van der Waals surface area contributed by atoms with E-state index in [1.165, 1.54) is 12.5 Å². The molecule has 1 heterocycles. The number of rotatable bonds is 8. The van der Waals surface area contributed by atoms with Crippen molar-refractivity contribution in [2.45, 2.75) is 52.9 Å². The monoisotopic (exact) mass is 333 g/mol. The Kier molecular flexibility index (Phi) is 6.64. The minimum Gasteiger partial charge on any atom is -0.354 e. The molecule has 0 unspecified atom stereocenters. The van der Waals surface area contributed by atoms with Crippen LogP contribution in [0.2, 0.25) is 0 Å². The molecule has 0 radical (unpaired) electrons. The third-order valence-electron chi connectivity index (χ3n) is 4.09. The quantitative estimate of drug-likeness (QED) is 0.631. The molecule has 0 saturated heterocycles. The second-order valence-corrected chi connectivity index (χ2v) is 6.09. The minimum atomic E-state index is -2.61. The number of alkyl halides is 2. The van der Waals surface area contributed by atoms with E-state index >= 15 is 0 Å². The SMILES string of the molecule is CCCCCCNc1nc(-c2ccc(C)c(C)c2)cc(C(F)F)n1. The minimum absolute atomic E-state index is 0.241. The van der Waals surface area contributed by atoms with Gasteiger partial charge in [0.1, 0.15) is 5.69 Å². The molecule has 1 aromatic heterocycles. The molecule has 2 aromatic rings. The Balaban J connectivity index is 2.22. The second kappa shape index (κ2) is 8.71. The van der Waals surface area contributed by atoms with E-state index in [0.717, 1.165) is 36.0 Å². The van der Waals surface area contributed by atoms with Crippen molar-refractivity contribution in [2.24, 2.45) is 0 Å². The standard InChI is InChI=1S/C19H25F2N3/c1-4-5-6-7-10-22-19-23-16(12-17(24-19)18(20)21)15-9-8-13(2)14(3)11-15/h8-9,11-12,18H,4-7,10H2,1-3H3,(H,22,23,24). The van der Waals surface area contributed by atoms with Gasteiger partial charge in [0.15, 0.2) is 0 Å². The van der Waals surface area contributed by atoms with E-state index in [1.54, 1.807) is 0 Å². The van der Waals surface area contributed by atoms with E-state index in [2.05, 4.69) is 22.2 Å². The summed E-state index contributed by atoms with van der Waals surface area (Å²) >= 11 is 0. The van der Waals surface area contributed by atoms with Gasteiger partial charge in [-0.1, -0.05) is 38.3 Å². The van der Waals surface area contributed by atoms with Crippen molar-refractivity contribution >= 4 is 5.95 Å². The van der Waals surface area contributed by atoms with Gasteiger partial charge in [0, 0.05) is 12.1 Å². The van der Waals surface area contributed by atoms with Crippen LogP contribution in [-0.4, -0.2) is 16.5 Å². The molecule has 0 saturated carbocycles. The van der Waals surface area contributed by atoms with Crippen LogP contribution in [0.25, 0.3) is 11.3 Å². The van der Waals surface area contributed by atoms with Gasteiger partial charge in [0.2, 0.25) is 5.95 Å². The summed E-state index contributed by atoms with van der Waals surface area (Å²) in [7, 11) is 0. The summed E-state index contributed by atoms with van der Waals surface area (Å²) < 4.78 is 26.3. The average Bonchev–Trinajstić information content (AvgIpc) is 2.57. The van der Waals surface area contributed by atoms with Crippen molar-refractivity contribution in [2.75, 3.05) is 11.9 Å². The van der Waals surface area contributed by atoms with E-state index < -0.39 is 6.43 Å². The highest BCUT2D eigenvalue weighted by atomic mass is 19.3. The van der Waals surface area contributed by atoms with Crippen LogP contribution in [0.15, 0.2) is 24.3 Å². The van der Waals surface area contributed by atoms with Gasteiger partial charge in [-0.15, -0.1) is 0 Å². The van der Waals surface area contributed by atoms with Crippen LogP contribution in [0, 0.1) is 13.8 Å². The summed E-state index contributed by atoms with van der Waals surface area (Å²) in [4.78, 5) is 8.36. The topological polar surface area (TPSA) is 37.8 Å². The molecule has 0 fully saturated rings. The van der Waals surface area contributed by atoms with Crippen LogP contribution in [0.1, 0.15) is 55.9 Å². The molecular weight excluding hydrogens is 308 g/mol. The Morgan fingerprint density at radius 1 is 1.00 bits per heavy atom. The molecule has 0 bridgehead atoms. The summed E-state index contributed by atoms with van der Waals surface area (Å²) in [5.74, 6) is 0.275. The molecule has 0 aliphatic rings. The number of nitrogens with one attached hydrogen (secondary N) is 1. The lowest BCUT2D eigenvalue weighted by Crippen LogP contribution is -2.08. The molecule has 1 N–H and O–H groups in total. The Morgan fingerprint density at radius 3 is 2.46 bits per heavy atom. The molecule has 24 heavy (non-hydrogen) atoms. The summed E-state index contributed by atoms with van der Waals surface area (Å²) in [6.45, 7) is 6.87. The fourth-order valence-corrected chi connectivity index (χ4v) is 2.46. The summed E-state index contributed by atoms with van der Waals surface area (Å²) in [5.41, 5.74) is 3.39. The molecule has 0 aliphatic carbocycles. The average molecular weight is 333 g/mol. The zero-order valence-corrected chi connectivity index (χ0v) is 14.6. The highest BCUT2D eigenvalue weighted by molar-refractivity contribution is 5.62. The van der Waals surface area contributed by atoms with Gasteiger partial charge < -0.3 is 5.32 Å². The largest absolute Gasteiger partial charge is 0.354 e. The predicted molar refractivity (Wildman–Crippen MR) is 94.5 cm³/mol. The summed E-state index contributed by atoms with van der Waals surface area (Å²) in [6, 6.07) is 7.23. The van der Waals surface area contributed by atoms with Crippen molar-refractivity contribution in [3.05, 3.63) is 41.1 Å². The van der Waals surface area contributed by atoms with E-state index in [-0.39, 0.29) is 11.6 Å². The van der Waals surface area contributed by atoms with Crippen molar-refractivity contribution in [3.8, 4) is 11.3 Å². The smallest absolute Gasteiger partial charge is 0.280 e. The van der Waals surface area contributed by atoms with Gasteiger partial charge in [0.05, 0.1) is 5.69 Å². The Hall–Kier alpha value is -2.04. The second-order valence-electron chi connectivity index (χ2n) is 6.09. The van der Waals surface area contributed by atoms with Crippen LogP contribution >= 0.6 is 0 Å². The highest BCUT2D eigenvalue weighted by Crippen LogP contribution is 2.26. The zero-order chi connectivity index (χ0) is 17.5. The first-order valence-electron chi connectivity index (χ1n) is 8.50. The number of aromatic nitrogens is 2. The van der Waals surface area contributed by atoms with Crippen molar-refractivity contribution in [1.82, 2.24) is 9.97 Å². The first kappa shape index (κ1) is 18.3. The lowest BCUT2D eigenvalue weighted by atomic mass is 10.0. The normalized spacial score (nSPS) is 11.1. The van der Waals surface area contributed by atoms with Crippen molar-refractivity contribution < 1.29 is 8.78 Å². The molecule has 130 valence electrons. The van der Waals surface area contributed by atoms with Crippen molar-refractivity contribution in [1.29, 1.82) is 0 Å². The maximum Gasteiger partial charge on any atom is 0.280 e. The Bertz CT molecular complexity index is 672. The highest BCUT2D eigenvalue weighted by Gasteiger charge is 2.14. The van der Waals surface area contributed by atoms with Gasteiger partial charge >= 0.3 is 0 Å². The molecule has 5 heteroatoms. The van der Waals surface area contributed by atoms with E-state index in [1.807, 2.05) is 32.0 Å². The molecule has 0 spiro atoms. The molecular formula is C19H25F2N3. The van der Waals surface area contributed by atoms with E-state index in [9.17, 15) is 8.78 Å². The Labute approximate surface area is 142 Å². The Morgan fingerprint density at radius 2 is 1.79 bits per heavy atom. The van der Waals surface area contributed by atoms with Crippen molar-refractivity contribution in [3.63, 3.8) is 0 Å². The number of unbranched alkanes of at least 4 members (excludes halogenated alkanes) is 3. The van der Waals surface area contributed by atoms with Crippen LogP contribution in [0.4, 0.5) is 14.7 Å². The fourth-order valence-electron chi connectivity index (χ4n) is 2.46. The maximum absolute atomic E-state index is 13.2. The van der Waals surface area contributed by atoms with Gasteiger partial charge in [-0.2, -0.15) is 0 Å². The van der Waals surface area contributed by atoms with Crippen LogP contribution < -0.4 is 5.32 Å². The maximum atomic E-state index is 13.2. The number of nitrogens with zero attached hydrogens (tertiary/aromatic N) is 2. The zero-order valence-electron chi connectivity index (χ0n) is 14.6. The number of benzene rings is 1. The fraction of sp³-hybridized carbons (Fsp3) is 0.474. The molecule has 0 atom stereocenters. The summed E-state index contributed by atoms with van der Waals surface area (Å²) in [6.07, 6.45) is 1.82. The number of anilines is 1. The van der Waals surface area contributed by atoms with Gasteiger partial charge in [-0.3, -0.25) is 0 Å². The third-order valence-corrected chi connectivity index (χ3v) is 4.09. The number of hydrogen-bond acceptors (Lipinski definition) is 3. The lowest BCUT2D eigenvalue weighted by Gasteiger charge is -2.11. The molecule has 1 aromatic carbocycles. The first-order chi connectivity index (χ1) is 11.5. The number of aryl methyl sites for hydroxylation is 2. The van der Waals surface area contributed by atoms with Crippen LogP contribution in [-0.2, 0) is 0 Å². The number of hydrogen-bond donors (Lipinski definition) is 1. The van der Waals surface area contributed by atoms with Crippen LogP contribution in [0.5, 0.6) is 0 Å². The number of halogens is 2. The molecule has 0 aliphatic heterocycles. The third kappa shape index (κ3) is 4.98. The predicted octanol–water partition coefficient (Wildman–Crippen LogP) is 5.69. The van der Waals surface area contributed by atoms with Crippen LogP contribution in [0.3, 0.4) is 0 Å².